The van der Waals surface area contributed by atoms with Crippen molar-refractivity contribution in [2.75, 3.05) is 7.05 Å². The van der Waals surface area contributed by atoms with Crippen LogP contribution in [0.2, 0.25) is 5.02 Å². The van der Waals surface area contributed by atoms with Gasteiger partial charge in [-0.05, 0) is 49.7 Å². The van der Waals surface area contributed by atoms with E-state index in [1.54, 1.807) is 7.05 Å². The fourth-order valence-electron chi connectivity index (χ4n) is 2.16. The van der Waals surface area contributed by atoms with Gasteiger partial charge in [-0.15, -0.1) is 0 Å². The first-order valence-electron chi connectivity index (χ1n) is 6.44. The molecule has 0 bridgehead atoms. The molecule has 0 saturated heterocycles. The zero-order chi connectivity index (χ0) is 14.5. The molecule has 0 aliphatic carbocycles. The first-order chi connectivity index (χ1) is 9.60. The molecule has 2 aromatic rings. The Bertz CT molecular complexity index is 549. The molecule has 0 saturated carbocycles. The maximum atomic E-state index is 13.7. The number of halogens is 3. The zero-order valence-electron chi connectivity index (χ0n) is 11.2. The van der Waals surface area contributed by atoms with Crippen molar-refractivity contribution < 1.29 is 8.78 Å². The lowest BCUT2D eigenvalue weighted by atomic mass is 9.98. The van der Waals surface area contributed by atoms with Crippen molar-refractivity contribution >= 4 is 11.6 Å². The van der Waals surface area contributed by atoms with Crippen LogP contribution in [-0.2, 0) is 12.8 Å². The number of likely N-dealkylation sites (N-methyl/N-ethyl adjacent to an activating group) is 1. The molecule has 0 radical (unpaired) electrons. The van der Waals surface area contributed by atoms with E-state index < -0.39 is 11.6 Å². The van der Waals surface area contributed by atoms with Gasteiger partial charge in [-0.1, -0.05) is 29.8 Å². The van der Waals surface area contributed by atoms with Crippen LogP contribution in [0, 0.1) is 11.6 Å². The van der Waals surface area contributed by atoms with Gasteiger partial charge in [0.15, 0.2) is 0 Å². The van der Waals surface area contributed by atoms with Gasteiger partial charge < -0.3 is 5.32 Å². The van der Waals surface area contributed by atoms with Crippen LogP contribution in [0.1, 0.15) is 11.1 Å². The SMILES string of the molecule is CNC(Cc1ccc(Cl)cc1)Cc1c(F)cccc1F. The number of hydrogen-bond acceptors (Lipinski definition) is 1. The van der Waals surface area contributed by atoms with Crippen molar-refractivity contribution in [1.29, 1.82) is 0 Å². The van der Waals surface area contributed by atoms with Crippen LogP contribution in [0.4, 0.5) is 8.78 Å². The van der Waals surface area contributed by atoms with Crippen LogP contribution in [0.15, 0.2) is 42.5 Å². The molecule has 4 heteroatoms. The molecular weight excluding hydrogens is 280 g/mol. The number of hydrogen-bond donors (Lipinski definition) is 1. The molecular formula is C16H16ClF2N. The second-order valence-electron chi connectivity index (χ2n) is 4.72. The molecule has 1 N–H and O–H groups in total. The highest BCUT2D eigenvalue weighted by atomic mass is 35.5. The van der Waals surface area contributed by atoms with Crippen molar-refractivity contribution in [2.45, 2.75) is 18.9 Å². The molecule has 20 heavy (non-hydrogen) atoms. The zero-order valence-corrected chi connectivity index (χ0v) is 11.9. The molecule has 0 aromatic heterocycles. The van der Waals surface area contributed by atoms with Gasteiger partial charge in [0.05, 0.1) is 0 Å². The van der Waals surface area contributed by atoms with Gasteiger partial charge in [0, 0.05) is 16.6 Å². The van der Waals surface area contributed by atoms with Gasteiger partial charge in [-0.2, -0.15) is 0 Å². The van der Waals surface area contributed by atoms with E-state index in [1.165, 1.54) is 18.2 Å². The maximum Gasteiger partial charge on any atom is 0.129 e. The smallest absolute Gasteiger partial charge is 0.129 e. The summed E-state index contributed by atoms with van der Waals surface area (Å²) >= 11 is 5.84. The minimum atomic E-state index is -0.499. The van der Waals surface area contributed by atoms with E-state index in [2.05, 4.69) is 5.32 Å². The van der Waals surface area contributed by atoms with E-state index in [0.29, 0.717) is 17.9 Å². The average Bonchev–Trinajstić information content (AvgIpc) is 2.44. The van der Waals surface area contributed by atoms with E-state index in [1.807, 2.05) is 24.3 Å². The molecule has 106 valence electrons. The second kappa shape index (κ2) is 6.82. The highest BCUT2D eigenvalue weighted by Crippen LogP contribution is 2.17. The predicted molar refractivity (Wildman–Crippen MR) is 78.1 cm³/mol. The molecule has 0 aliphatic rings. The molecule has 2 rings (SSSR count). The average molecular weight is 296 g/mol. The Balaban J connectivity index is 2.11. The van der Waals surface area contributed by atoms with E-state index in [9.17, 15) is 8.78 Å². The van der Waals surface area contributed by atoms with Gasteiger partial charge in [-0.25, -0.2) is 8.78 Å². The summed E-state index contributed by atoms with van der Waals surface area (Å²) < 4.78 is 27.3. The predicted octanol–water partition coefficient (Wildman–Crippen LogP) is 3.99. The van der Waals surface area contributed by atoms with Crippen molar-refractivity contribution in [3.05, 3.63) is 70.2 Å². The Hall–Kier alpha value is -1.45. The minimum absolute atomic E-state index is 0.0393. The van der Waals surface area contributed by atoms with Crippen molar-refractivity contribution in [3.63, 3.8) is 0 Å². The van der Waals surface area contributed by atoms with Crippen molar-refractivity contribution in [2.24, 2.45) is 0 Å². The third kappa shape index (κ3) is 3.78. The van der Waals surface area contributed by atoms with Gasteiger partial charge >= 0.3 is 0 Å². The van der Waals surface area contributed by atoms with E-state index in [0.717, 1.165) is 5.56 Å². The standard InChI is InChI=1S/C16H16ClF2N/c1-20-13(9-11-5-7-12(17)8-6-11)10-14-15(18)3-2-4-16(14)19/h2-8,13,20H,9-10H2,1H3. The summed E-state index contributed by atoms with van der Waals surface area (Å²) in [6, 6.07) is 11.4. The number of benzene rings is 2. The van der Waals surface area contributed by atoms with Crippen molar-refractivity contribution in [1.82, 2.24) is 5.32 Å². The monoisotopic (exact) mass is 295 g/mol. The lowest BCUT2D eigenvalue weighted by Gasteiger charge is -2.17. The summed E-state index contributed by atoms with van der Waals surface area (Å²) in [4.78, 5) is 0. The highest BCUT2D eigenvalue weighted by molar-refractivity contribution is 6.30. The summed E-state index contributed by atoms with van der Waals surface area (Å²) in [7, 11) is 1.79. The minimum Gasteiger partial charge on any atom is -0.316 e. The van der Waals surface area contributed by atoms with E-state index in [4.69, 9.17) is 11.6 Å². The highest BCUT2D eigenvalue weighted by Gasteiger charge is 2.15. The van der Waals surface area contributed by atoms with Crippen LogP contribution in [0.25, 0.3) is 0 Å². The summed E-state index contributed by atoms with van der Waals surface area (Å²) in [6.07, 6.45) is 0.985. The third-order valence-electron chi connectivity index (χ3n) is 3.32. The molecule has 1 nitrogen and oxygen atoms in total. The van der Waals surface area contributed by atoms with E-state index in [-0.39, 0.29) is 11.6 Å². The normalized spacial score (nSPS) is 12.4. The lowest BCUT2D eigenvalue weighted by molar-refractivity contribution is 0.502. The number of rotatable bonds is 5. The first-order valence-corrected chi connectivity index (χ1v) is 6.82. The van der Waals surface area contributed by atoms with Crippen LogP contribution < -0.4 is 5.32 Å². The van der Waals surface area contributed by atoms with Gasteiger partial charge in [0.1, 0.15) is 11.6 Å². The third-order valence-corrected chi connectivity index (χ3v) is 3.57. The topological polar surface area (TPSA) is 12.0 Å². The molecule has 0 heterocycles. The fraction of sp³-hybridized carbons (Fsp3) is 0.250. The Labute approximate surface area is 122 Å². The summed E-state index contributed by atoms with van der Waals surface area (Å²) in [5.74, 6) is -0.997. The Morgan fingerprint density at radius 1 is 1.00 bits per heavy atom. The molecule has 1 atom stereocenters. The van der Waals surface area contributed by atoms with E-state index >= 15 is 0 Å². The Morgan fingerprint density at radius 2 is 1.60 bits per heavy atom. The van der Waals surface area contributed by atoms with Crippen LogP contribution >= 0.6 is 11.6 Å². The molecule has 0 amide bonds. The lowest BCUT2D eigenvalue weighted by Crippen LogP contribution is -2.30. The van der Waals surface area contributed by atoms with Gasteiger partial charge in [-0.3, -0.25) is 0 Å². The Morgan fingerprint density at radius 3 is 2.15 bits per heavy atom. The number of nitrogens with one attached hydrogen (secondary N) is 1. The molecule has 0 aliphatic heterocycles. The summed E-state index contributed by atoms with van der Waals surface area (Å²) in [5, 5.41) is 3.78. The second-order valence-corrected chi connectivity index (χ2v) is 5.16. The molecule has 0 fully saturated rings. The molecule has 0 spiro atoms. The van der Waals surface area contributed by atoms with Crippen molar-refractivity contribution in [3.8, 4) is 0 Å². The summed E-state index contributed by atoms with van der Waals surface area (Å²) in [6.45, 7) is 0. The van der Waals surface area contributed by atoms with Gasteiger partial charge in [0.2, 0.25) is 0 Å². The Kier molecular flexibility index (Phi) is 5.10. The maximum absolute atomic E-state index is 13.7. The first kappa shape index (κ1) is 14.9. The fourth-order valence-corrected chi connectivity index (χ4v) is 2.28. The largest absolute Gasteiger partial charge is 0.316 e. The van der Waals surface area contributed by atoms with Gasteiger partial charge in [0.25, 0.3) is 0 Å². The van der Waals surface area contributed by atoms with Crippen LogP contribution in [0.3, 0.4) is 0 Å². The molecule has 1 unspecified atom stereocenters. The summed E-state index contributed by atoms with van der Waals surface area (Å²) in [5.41, 5.74) is 1.20. The quantitative estimate of drug-likeness (QED) is 0.879. The van der Waals surface area contributed by atoms with Crippen LogP contribution in [0.5, 0.6) is 0 Å². The molecule has 2 aromatic carbocycles. The van der Waals surface area contributed by atoms with Crippen LogP contribution in [-0.4, -0.2) is 13.1 Å².